The van der Waals surface area contributed by atoms with Gasteiger partial charge in [-0.2, -0.15) is 0 Å². The first kappa shape index (κ1) is 13.8. The summed E-state index contributed by atoms with van der Waals surface area (Å²) in [5, 5.41) is 9.09. The zero-order chi connectivity index (χ0) is 15.0. The highest BCUT2D eigenvalue weighted by Gasteiger charge is 2.51. The van der Waals surface area contributed by atoms with Gasteiger partial charge < -0.3 is 10.8 Å². The number of fused-ring (bicyclic) bond motifs is 1. The van der Waals surface area contributed by atoms with E-state index in [0.29, 0.717) is 11.3 Å². The van der Waals surface area contributed by atoms with Crippen molar-refractivity contribution in [3.8, 4) is 0 Å². The molecule has 0 saturated carbocycles. The lowest BCUT2D eigenvalue weighted by Crippen LogP contribution is -2.68. The predicted molar refractivity (Wildman–Crippen MR) is 80.3 cm³/mol. The molecule has 1 aromatic carbocycles. The third-order valence-corrected chi connectivity index (χ3v) is 4.69. The van der Waals surface area contributed by atoms with Crippen LogP contribution in [-0.4, -0.2) is 45.3 Å². The molecule has 2 atom stereocenters. The molecule has 2 aliphatic heterocycles. The topological polar surface area (TPSA) is 96.0 Å². The molecule has 6 nitrogen and oxygen atoms in total. The number of carbonyl (C=O) groups excluding carboxylic acids is 1. The Balaban J connectivity index is 1.93. The molecule has 0 radical (unpaired) electrons. The van der Waals surface area contributed by atoms with E-state index in [4.69, 9.17) is 5.73 Å². The fourth-order valence-electron chi connectivity index (χ4n) is 2.31. The Labute approximate surface area is 125 Å². The van der Waals surface area contributed by atoms with Crippen molar-refractivity contribution >= 4 is 35.5 Å². The van der Waals surface area contributed by atoms with Crippen LogP contribution in [0.2, 0.25) is 0 Å². The summed E-state index contributed by atoms with van der Waals surface area (Å²) < 4.78 is 0. The van der Waals surface area contributed by atoms with Gasteiger partial charge in [0.25, 0.3) is 0 Å². The molecule has 3 rings (SSSR count). The average Bonchev–Trinajstić information content (AvgIpc) is 2.52. The van der Waals surface area contributed by atoms with E-state index in [1.165, 1.54) is 22.9 Å². The highest BCUT2D eigenvalue weighted by atomic mass is 32.2. The average molecular weight is 303 g/mol. The van der Waals surface area contributed by atoms with E-state index in [2.05, 4.69) is 4.99 Å². The lowest BCUT2D eigenvalue weighted by atomic mass is 10.0. The number of hydrogen-bond acceptors (Lipinski definition) is 5. The van der Waals surface area contributed by atoms with Crippen molar-refractivity contribution in [2.75, 3.05) is 5.75 Å². The fraction of sp³-hybridized carbons (Fsp3) is 0.214. The number of amides is 1. The Morgan fingerprint density at radius 3 is 2.81 bits per heavy atom. The third kappa shape index (κ3) is 2.34. The van der Waals surface area contributed by atoms with E-state index < -0.39 is 12.0 Å². The number of benzene rings is 1. The van der Waals surface area contributed by atoms with Crippen LogP contribution in [0.3, 0.4) is 0 Å². The molecule has 1 fully saturated rings. The van der Waals surface area contributed by atoms with Crippen LogP contribution in [0.1, 0.15) is 0 Å². The van der Waals surface area contributed by atoms with Gasteiger partial charge in [0.1, 0.15) is 17.1 Å². The van der Waals surface area contributed by atoms with Crippen LogP contribution in [0.25, 0.3) is 0 Å². The van der Waals surface area contributed by atoms with Gasteiger partial charge in [-0.3, -0.25) is 14.7 Å². The highest BCUT2D eigenvalue weighted by molar-refractivity contribution is 8.00. The highest BCUT2D eigenvalue weighted by Crippen LogP contribution is 2.39. The summed E-state index contributed by atoms with van der Waals surface area (Å²) in [6.45, 7) is 0. The van der Waals surface area contributed by atoms with Crippen molar-refractivity contribution in [2.45, 2.75) is 11.4 Å². The molecule has 108 valence electrons. The third-order valence-electron chi connectivity index (χ3n) is 3.37. The molecular weight excluding hydrogens is 290 g/mol. The van der Waals surface area contributed by atoms with Crippen molar-refractivity contribution in [1.82, 2.24) is 4.90 Å². The van der Waals surface area contributed by atoms with Gasteiger partial charge in [0.2, 0.25) is 5.91 Å². The Morgan fingerprint density at radius 1 is 1.43 bits per heavy atom. The van der Waals surface area contributed by atoms with Gasteiger partial charge in [-0.05, 0) is 12.1 Å². The van der Waals surface area contributed by atoms with Gasteiger partial charge in [0, 0.05) is 17.5 Å². The minimum absolute atomic E-state index is 0.00914. The summed E-state index contributed by atoms with van der Waals surface area (Å²) in [4.78, 5) is 28.7. The van der Waals surface area contributed by atoms with Crippen molar-refractivity contribution in [3.63, 3.8) is 0 Å². The zero-order valence-corrected chi connectivity index (χ0v) is 11.8. The number of hydrogen-bond donors (Lipinski definition) is 2. The largest absolute Gasteiger partial charge is 0.477 e. The molecule has 2 aliphatic rings. The van der Waals surface area contributed by atoms with Crippen LogP contribution < -0.4 is 5.73 Å². The van der Waals surface area contributed by atoms with Crippen LogP contribution in [0, 0.1) is 0 Å². The molecule has 0 spiro atoms. The van der Waals surface area contributed by atoms with Crippen LogP contribution in [0.5, 0.6) is 0 Å². The summed E-state index contributed by atoms with van der Waals surface area (Å²) >= 11 is 1.46. The Kier molecular flexibility index (Phi) is 3.52. The second kappa shape index (κ2) is 5.34. The molecule has 7 heteroatoms. The first-order chi connectivity index (χ1) is 10.1. The molecule has 1 unspecified atom stereocenters. The van der Waals surface area contributed by atoms with E-state index >= 15 is 0 Å². The van der Waals surface area contributed by atoms with Crippen molar-refractivity contribution in [2.24, 2.45) is 10.7 Å². The second-order valence-electron chi connectivity index (χ2n) is 4.71. The minimum atomic E-state index is -1.13. The molecule has 3 N–H and O–H groups in total. The summed E-state index contributed by atoms with van der Waals surface area (Å²) in [7, 11) is 0. The van der Waals surface area contributed by atoms with Gasteiger partial charge in [-0.1, -0.05) is 18.2 Å². The van der Waals surface area contributed by atoms with Gasteiger partial charge in [0.15, 0.2) is 0 Å². The number of para-hydroxylation sites is 1. The fourth-order valence-corrected chi connectivity index (χ4v) is 3.55. The summed E-state index contributed by atoms with van der Waals surface area (Å²) in [5.41, 5.74) is 6.93. The Morgan fingerprint density at radius 2 is 2.14 bits per heavy atom. The first-order valence-corrected chi connectivity index (χ1v) is 7.40. The van der Waals surface area contributed by atoms with Gasteiger partial charge in [-0.25, -0.2) is 4.79 Å². The second-order valence-corrected chi connectivity index (χ2v) is 5.81. The van der Waals surface area contributed by atoms with Crippen LogP contribution >= 0.6 is 11.8 Å². The van der Waals surface area contributed by atoms with E-state index in [0.717, 1.165) is 5.69 Å². The molecular formula is C14H13N3O3S. The summed E-state index contributed by atoms with van der Waals surface area (Å²) in [6, 6.07) is 8.60. The lowest BCUT2D eigenvalue weighted by molar-refractivity contribution is -0.147. The van der Waals surface area contributed by atoms with E-state index in [-0.39, 0.29) is 17.0 Å². The number of nitrogens with two attached hydrogens (primary N) is 1. The molecule has 0 aliphatic carbocycles. The Bertz CT molecular complexity index is 657. The van der Waals surface area contributed by atoms with Crippen molar-refractivity contribution < 1.29 is 14.7 Å². The van der Waals surface area contributed by atoms with E-state index in [1.54, 1.807) is 0 Å². The molecule has 1 saturated heterocycles. The SMILES string of the molecule is NC1C(=O)N2C(C(=O)O)=C(C=Nc3ccccc3)CS[C@@H]12. The van der Waals surface area contributed by atoms with E-state index in [1.807, 2.05) is 30.3 Å². The van der Waals surface area contributed by atoms with Crippen LogP contribution in [0.4, 0.5) is 5.69 Å². The molecule has 21 heavy (non-hydrogen) atoms. The molecule has 2 heterocycles. The van der Waals surface area contributed by atoms with Gasteiger partial charge in [0.05, 0.1) is 5.69 Å². The molecule has 0 aromatic heterocycles. The molecule has 0 bridgehead atoms. The minimum Gasteiger partial charge on any atom is -0.477 e. The number of β-lactam (4-membered cyclic amide) rings is 1. The monoisotopic (exact) mass is 303 g/mol. The van der Waals surface area contributed by atoms with Gasteiger partial charge >= 0.3 is 5.97 Å². The van der Waals surface area contributed by atoms with Crippen molar-refractivity contribution in [3.05, 3.63) is 41.6 Å². The van der Waals surface area contributed by atoms with E-state index in [9.17, 15) is 14.7 Å². The normalized spacial score (nSPS) is 25.0. The number of carbonyl (C=O) groups is 2. The van der Waals surface area contributed by atoms with Gasteiger partial charge in [-0.15, -0.1) is 11.8 Å². The standard InChI is InChI=1S/C14H13N3O3S/c15-10-12(18)17-11(14(19)20)8(7-21-13(10)17)6-16-9-4-2-1-3-5-9/h1-6,10,13H,7,15H2,(H,19,20)/t10?,13-/m0/s1. The lowest BCUT2D eigenvalue weighted by Gasteiger charge is -2.47. The number of carboxylic acids is 1. The number of aliphatic carboxylic acids is 1. The molecule has 1 amide bonds. The zero-order valence-electron chi connectivity index (χ0n) is 11.0. The first-order valence-electron chi connectivity index (χ1n) is 6.35. The number of carboxylic acid groups (broad SMARTS) is 1. The van der Waals surface area contributed by atoms with Crippen molar-refractivity contribution in [1.29, 1.82) is 0 Å². The smallest absolute Gasteiger partial charge is 0.353 e. The maximum Gasteiger partial charge on any atom is 0.353 e. The maximum atomic E-state index is 11.8. The van der Waals surface area contributed by atoms with Crippen LogP contribution in [0.15, 0.2) is 46.6 Å². The Hall–Kier alpha value is -2.12. The van der Waals surface area contributed by atoms with Crippen LogP contribution in [-0.2, 0) is 9.59 Å². The quantitative estimate of drug-likeness (QED) is 0.641. The predicted octanol–water partition coefficient (Wildman–Crippen LogP) is 0.970. The number of nitrogens with zero attached hydrogens (tertiary/aromatic N) is 2. The maximum absolute atomic E-state index is 11.8. The molecule has 1 aromatic rings. The number of aliphatic imine (C=N–C) groups is 1. The summed E-state index contributed by atoms with van der Waals surface area (Å²) in [6.07, 6.45) is 1.51. The number of thioether (sulfide) groups is 1. The summed E-state index contributed by atoms with van der Waals surface area (Å²) in [5.74, 6) is -1.01. The number of rotatable bonds is 3.